The van der Waals surface area contributed by atoms with Gasteiger partial charge in [0.05, 0.1) is 5.69 Å². The molecule has 0 atom stereocenters. The highest BCUT2D eigenvalue weighted by Crippen LogP contribution is 2.44. The van der Waals surface area contributed by atoms with Crippen molar-refractivity contribution in [2.75, 3.05) is 4.90 Å². The summed E-state index contributed by atoms with van der Waals surface area (Å²) in [4.78, 5) is 2.40. The van der Waals surface area contributed by atoms with Crippen LogP contribution in [0.1, 0.15) is 0 Å². The van der Waals surface area contributed by atoms with Crippen molar-refractivity contribution in [1.82, 2.24) is 0 Å². The first-order valence-corrected chi connectivity index (χ1v) is 20.5. The highest BCUT2D eigenvalue weighted by Gasteiger charge is 2.19. The van der Waals surface area contributed by atoms with E-state index in [1.54, 1.807) is 0 Å². The Morgan fingerprint density at radius 3 is 1.45 bits per heavy atom. The molecule has 0 aliphatic carbocycles. The summed E-state index contributed by atoms with van der Waals surface area (Å²) in [7, 11) is 0. The first-order chi connectivity index (χ1) is 29.7. The maximum absolute atomic E-state index is 6.48. The second kappa shape index (κ2) is 15.1. The number of para-hydroxylation sites is 1. The molecule has 1 aromatic heterocycles. The predicted octanol–water partition coefficient (Wildman–Crippen LogP) is 16.5. The van der Waals surface area contributed by atoms with Crippen LogP contribution in [0.25, 0.3) is 88.3 Å². The summed E-state index contributed by atoms with van der Waals surface area (Å²) in [5.74, 6) is 0.859. The van der Waals surface area contributed by atoms with E-state index in [9.17, 15) is 0 Å². The lowest BCUT2D eigenvalue weighted by molar-refractivity contribution is 0.632. The maximum Gasteiger partial charge on any atom is 0.136 e. The van der Waals surface area contributed by atoms with Crippen molar-refractivity contribution in [3.05, 3.63) is 237 Å². The number of hydrogen-bond acceptors (Lipinski definition) is 2. The van der Waals surface area contributed by atoms with Gasteiger partial charge >= 0.3 is 0 Å². The summed E-state index contributed by atoms with van der Waals surface area (Å²) >= 11 is 0. The number of hydrogen-bond donors (Lipinski definition) is 0. The molecule has 0 amide bonds. The van der Waals surface area contributed by atoms with Crippen molar-refractivity contribution in [2.45, 2.75) is 0 Å². The molecular weight excluding hydrogens is 727 g/mol. The van der Waals surface area contributed by atoms with Gasteiger partial charge in [-0.05, 0) is 115 Å². The van der Waals surface area contributed by atoms with Gasteiger partial charge in [-0.2, -0.15) is 0 Å². The first kappa shape index (κ1) is 35.2. The number of benzene rings is 10. The minimum atomic E-state index is 0.859. The molecule has 1 heterocycles. The van der Waals surface area contributed by atoms with Crippen LogP contribution in [0, 0.1) is 0 Å². The van der Waals surface area contributed by atoms with Crippen molar-refractivity contribution >= 4 is 49.6 Å². The van der Waals surface area contributed by atoms with E-state index >= 15 is 0 Å². The van der Waals surface area contributed by atoms with Gasteiger partial charge in [0.2, 0.25) is 0 Å². The molecule has 0 saturated carbocycles. The molecular formula is C58H39NO. The molecule has 0 aliphatic rings. The van der Waals surface area contributed by atoms with Crippen molar-refractivity contribution in [1.29, 1.82) is 0 Å². The van der Waals surface area contributed by atoms with E-state index in [0.29, 0.717) is 0 Å². The molecule has 0 fully saturated rings. The Balaban J connectivity index is 1.02. The summed E-state index contributed by atoms with van der Waals surface area (Å²) in [5.41, 5.74) is 14.6. The Hall–Kier alpha value is -7.94. The molecule has 60 heavy (non-hydrogen) atoms. The lowest BCUT2D eigenvalue weighted by Gasteiger charge is -2.28. The summed E-state index contributed by atoms with van der Waals surface area (Å²) < 4.78 is 6.48. The monoisotopic (exact) mass is 765 g/mol. The largest absolute Gasteiger partial charge is 0.456 e. The van der Waals surface area contributed by atoms with Gasteiger partial charge in [-0.25, -0.2) is 0 Å². The molecule has 0 bridgehead atoms. The highest BCUT2D eigenvalue weighted by molar-refractivity contribution is 6.14. The Bertz CT molecular complexity index is 3260. The van der Waals surface area contributed by atoms with Gasteiger partial charge in [-0.1, -0.05) is 182 Å². The summed E-state index contributed by atoms with van der Waals surface area (Å²) in [5, 5.41) is 5.99. The van der Waals surface area contributed by atoms with E-state index in [1.807, 2.05) is 12.1 Å². The maximum atomic E-state index is 6.48. The fraction of sp³-hybridized carbons (Fsp3) is 0. The average molecular weight is 766 g/mol. The van der Waals surface area contributed by atoms with Crippen LogP contribution < -0.4 is 4.90 Å². The third-order valence-corrected chi connectivity index (χ3v) is 11.7. The van der Waals surface area contributed by atoms with Crippen LogP contribution in [0.2, 0.25) is 0 Å². The zero-order valence-electron chi connectivity index (χ0n) is 32.9. The molecule has 0 radical (unpaired) electrons. The smallest absolute Gasteiger partial charge is 0.136 e. The first-order valence-electron chi connectivity index (χ1n) is 20.5. The van der Waals surface area contributed by atoms with Crippen LogP contribution in [0.4, 0.5) is 17.1 Å². The molecule has 0 spiro atoms. The Kier molecular flexibility index (Phi) is 8.87. The third kappa shape index (κ3) is 6.51. The van der Waals surface area contributed by atoms with Crippen LogP contribution in [0.3, 0.4) is 0 Å². The molecule has 2 heteroatoms. The van der Waals surface area contributed by atoms with Gasteiger partial charge < -0.3 is 9.32 Å². The molecule has 0 unspecified atom stereocenters. The number of nitrogens with zero attached hydrogens (tertiary/aromatic N) is 1. The van der Waals surface area contributed by atoms with Crippen molar-refractivity contribution in [2.24, 2.45) is 0 Å². The number of fused-ring (bicyclic) bond motifs is 4. The molecule has 11 rings (SSSR count). The van der Waals surface area contributed by atoms with Crippen LogP contribution >= 0.6 is 0 Å². The second-order valence-electron chi connectivity index (χ2n) is 15.3. The Morgan fingerprint density at radius 1 is 0.283 bits per heavy atom. The minimum Gasteiger partial charge on any atom is -0.456 e. The van der Waals surface area contributed by atoms with E-state index in [2.05, 4.69) is 229 Å². The van der Waals surface area contributed by atoms with Crippen molar-refractivity contribution < 1.29 is 4.42 Å². The molecule has 282 valence electrons. The fourth-order valence-electron chi connectivity index (χ4n) is 8.67. The SMILES string of the molecule is c1ccc(-c2cccc(-c3ccc(N(c4ccc(-c5ccc(-c6ccccc6)c(-c6cc7ccccc7o6)c5)cc4)c4cc5ccccc5c5ccccc45)cc3)c2)cc1. The highest BCUT2D eigenvalue weighted by atomic mass is 16.3. The van der Waals surface area contributed by atoms with Crippen LogP contribution in [-0.2, 0) is 0 Å². The number of anilines is 3. The average Bonchev–Trinajstić information content (AvgIpc) is 3.77. The molecule has 0 N–H and O–H groups in total. The molecule has 2 nitrogen and oxygen atoms in total. The van der Waals surface area contributed by atoms with Crippen LogP contribution in [0.5, 0.6) is 0 Å². The Morgan fingerprint density at radius 2 is 0.783 bits per heavy atom. The zero-order valence-corrected chi connectivity index (χ0v) is 32.9. The lowest BCUT2D eigenvalue weighted by Crippen LogP contribution is -2.10. The normalized spacial score (nSPS) is 11.3. The zero-order chi connectivity index (χ0) is 39.8. The van der Waals surface area contributed by atoms with Crippen LogP contribution in [-0.4, -0.2) is 0 Å². The summed E-state index contributed by atoms with van der Waals surface area (Å²) in [6, 6.07) is 84.8. The summed E-state index contributed by atoms with van der Waals surface area (Å²) in [6.07, 6.45) is 0. The second-order valence-corrected chi connectivity index (χ2v) is 15.3. The predicted molar refractivity (Wildman–Crippen MR) is 253 cm³/mol. The van der Waals surface area contributed by atoms with Gasteiger partial charge in [0.15, 0.2) is 0 Å². The molecule has 11 aromatic rings. The van der Waals surface area contributed by atoms with Gasteiger partial charge in [0, 0.05) is 27.7 Å². The van der Waals surface area contributed by atoms with E-state index in [1.165, 1.54) is 43.8 Å². The van der Waals surface area contributed by atoms with Gasteiger partial charge in [0.25, 0.3) is 0 Å². The van der Waals surface area contributed by atoms with Gasteiger partial charge in [0.1, 0.15) is 11.3 Å². The topological polar surface area (TPSA) is 16.4 Å². The van der Waals surface area contributed by atoms with Crippen molar-refractivity contribution in [3.63, 3.8) is 0 Å². The lowest BCUT2D eigenvalue weighted by atomic mass is 9.93. The van der Waals surface area contributed by atoms with Crippen LogP contribution in [0.15, 0.2) is 241 Å². The van der Waals surface area contributed by atoms with E-state index < -0.39 is 0 Å². The molecule has 10 aromatic carbocycles. The fourth-order valence-corrected chi connectivity index (χ4v) is 8.67. The summed E-state index contributed by atoms with van der Waals surface area (Å²) in [6.45, 7) is 0. The quantitative estimate of drug-likeness (QED) is 0.143. The van der Waals surface area contributed by atoms with Gasteiger partial charge in [-0.15, -0.1) is 0 Å². The van der Waals surface area contributed by atoms with Crippen molar-refractivity contribution in [3.8, 4) is 55.8 Å². The number of furan rings is 1. The molecule has 0 aliphatic heterocycles. The Labute approximate surface area is 349 Å². The van der Waals surface area contributed by atoms with E-state index in [4.69, 9.17) is 4.42 Å². The molecule has 0 saturated heterocycles. The minimum absolute atomic E-state index is 0.859. The van der Waals surface area contributed by atoms with E-state index in [0.717, 1.165) is 61.6 Å². The standard InChI is InChI=1S/C58H39NO/c1-3-14-40(15-4-1)44-20-13-21-45(36-44)41-26-31-49(32-27-41)59(56-38-47-18-7-9-22-51(47)53-23-10-11-24-54(53)56)50-33-28-42(29-34-50)46-30-35-52(43-16-5-2-6-17-43)55(37-46)58-39-48-19-8-12-25-57(48)60-58/h1-39H. The van der Waals surface area contributed by atoms with Gasteiger partial charge in [-0.3, -0.25) is 0 Å². The third-order valence-electron chi connectivity index (χ3n) is 11.7. The van der Waals surface area contributed by atoms with E-state index in [-0.39, 0.29) is 0 Å². The number of rotatable bonds is 8.